The highest BCUT2D eigenvalue weighted by atomic mass is 16.5. The lowest BCUT2D eigenvalue weighted by Gasteiger charge is -2.47. The van der Waals surface area contributed by atoms with Gasteiger partial charge in [-0.15, -0.1) is 0 Å². The fourth-order valence-corrected chi connectivity index (χ4v) is 3.68. The van der Waals surface area contributed by atoms with E-state index in [4.69, 9.17) is 4.74 Å². The zero-order valence-corrected chi connectivity index (χ0v) is 10.7. The summed E-state index contributed by atoms with van der Waals surface area (Å²) in [5.41, 5.74) is 0.608. The van der Waals surface area contributed by atoms with E-state index in [1.165, 1.54) is 12.5 Å². The maximum atomic E-state index is 11.3. The van der Waals surface area contributed by atoms with Crippen LogP contribution >= 0.6 is 0 Å². The fourth-order valence-electron chi connectivity index (χ4n) is 3.68. The molecule has 0 saturated heterocycles. The largest absolute Gasteiger partial charge is 0.459 e. The van der Waals surface area contributed by atoms with Gasteiger partial charge in [0, 0.05) is 12.0 Å². The summed E-state index contributed by atoms with van der Waals surface area (Å²) in [6, 6.07) is 0. The average Bonchev–Trinajstić information content (AvgIpc) is 2.67. The molecule has 2 fully saturated rings. The molecule has 2 saturated carbocycles. The van der Waals surface area contributed by atoms with Crippen LogP contribution in [0.2, 0.25) is 0 Å². The summed E-state index contributed by atoms with van der Waals surface area (Å²) in [4.78, 5) is 11.3. The molecule has 2 bridgehead atoms. The number of hydrogen-bond donors (Lipinski definition) is 0. The molecule has 90 valence electrons. The minimum Gasteiger partial charge on any atom is -0.459 e. The molecular weight excluding hydrogens is 200 g/mol. The molecule has 3 atom stereocenters. The Bertz CT molecular complexity index is 328. The summed E-state index contributed by atoms with van der Waals surface area (Å²) in [6.07, 6.45) is 3.61. The van der Waals surface area contributed by atoms with Gasteiger partial charge in [-0.1, -0.05) is 34.3 Å². The molecule has 0 radical (unpaired) electrons. The highest BCUT2D eigenvalue weighted by Gasteiger charge is 2.62. The van der Waals surface area contributed by atoms with Gasteiger partial charge < -0.3 is 4.74 Å². The van der Waals surface area contributed by atoms with Crippen LogP contribution in [0.4, 0.5) is 0 Å². The average molecular weight is 222 g/mol. The molecule has 0 aromatic carbocycles. The van der Waals surface area contributed by atoms with Gasteiger partial charge in [-0.2, -0.15) is 0 Å². The maximum Gasteiger partial charge on any atom is 0.330 e. The standard InChI is InChI=1S/C14H22O2/c1-6-12(15)16-11-8-9-7-10(11)14(4,5)13(9,2)3/h6,9-11H,1,7-8H2,2-5H3. The van der Waals surface area contributed by atoms with Crippen molar-refractivity contribution in [2.24, 2.45) is 22.7 Å². The Balaban J connectivity index is 2.16. The Kier molecular flexibility index (Phi) is 2.45. The van der Waals surface area contributed by atoms with Crippen LogP contribution in [0.25, 0.3) is 0 Å². The van der Waals surface area contributed by atoms with E-state index >= 15 is 0 Å². The molecular formula is C14H22O2. The zero-order valence-electron chi connectivity index (χ0n) is 10.7. The molecule has 0 amide bonds. The Morgan fingerprint density at radius 1 is 1.25 bits per heavy atom. The van der Waals surface area contributed by atoms with E-state index in [1.807, 2.05) is 0 Å². The van der Waals surface area contributed by atoms with Crippen LogP contribution in [0.3, 0.4) is 0 Å². The van der Waals surface area contributed by atoms with Crippen LogP contribution in [-0.2, 0) is 9.53 Å². The summed E-state index contributed by atoms with van der Waals surface area (Å²) < 4.78 is 5.47. The van der Waals surface area contributed by atoms with Crippen molar-refractivity contribution in [1.82, 2.24) is 0 Å². The van der Waals surface area contributed by atoms with Gasteiger partial charge in [0.2, 0.25) is 0 Å². The molecule has 0 aromatic heterocycles. The second kappa shape index (κ2) is 3.35. The van der Waals surface area contributed by atoms with E-state index in [2.05, 4.69) is 34.3 Å². The lowest BCUT2D eigenvalue weighted by Crippen LogP contribution is -2.45. The molecule has 2 aliphatic carbocycles. The molecule has 0 spiro atoms. The van der Waals surface area contributed by atoms with Crippen molar-refractivity contribution in [3.8, 4) is 0 Å². The number of hydrogen-bond acceptors (Lipinski definition) is 2. The molecule has 2 aliphatic rings. The van der Waals surface area contributed by atoms with Crippen molar-refractivity contribution in [2.75, 3.05) is 0 Å². The summed E-state index contributed by atoms with van der Waals surface area (Å²) in [5, 5.41) is 0. The van der Waals surface area contributed by atoms with Gasteiger partial charge in [0.05, 0.1) is 0 Å². The number of carbonyl (C=O) groups is 1. The first kappa shape index (κ1) is 11.7. The van der Waals surface area contributed by atoms with Gasteiger partial charge in [-0.3, -0.25) is 0 Å². The van der Waals surface area contributed by atoms with Crippen molar-refractivity contribution in [1.29, 1.82) is 0 Å². The van der Waals surface area contributed by atoms with Gasteiger partial charge in [0.15, 0.2) is 0 Å². The first-order valence-corrected chi connectivity index (χ1v) is 6.13. The minimum absolute atomic E-state index is 0.110. The van der Waals surface area contributed by atoms with Gasteiger partial charge in [0.1, 0.15) is 6.10 Å². The SMILES string of the molecule is C=CC(=O)OC1CC2CC1C(C)(C)C2(C)C. The van der Waals surface area contributed by atoms with Crippen LogP contribution in [0.5, 0.6) is 0 Å². The van der Waals surface area contributed by atoms with Crippen molar-refractivity contribution in [3.63, 3.8) is 0 Å². The summed E-state index contributed by atoms with van der Waals surface area (Å²) >= 11 is 0. The van der Waals surface area contributed by atoms with Gasteiger partial charge in [-0.05, 0) is 29.6 Å². The first-order valence-electron chi connectivity index (χ1n) is 6.13. The molecule has 0 aromatic rings. The predicted octanol–water partition coefficient (Wildman–Crippen LogP) is 3.18. The van der Waals surface area contributed by atoms with E-state index in [-0.39, 0.29) is 17.5 Å². The Morgan fingerprint density at radius 3 is 2.31 bits per heavy atom. The molecule has 2 heteroatoms. The molecule has 2 rings (SSSR count). The summed E-state index contributed by atoms with van der Waals surface area (Å²) in [6.45, 7) is 12.8. The Morgan fingerprint density at radius 2 is 1.88 bits per heavy atom. The molecule has 0 N–H and O–H groups in total. The van der Waals surface area contributed by atoms with Crippen molar-refractivity contribution >= 4 is 5.97 Å². The number of carbonyl (C=O) groups excluding carboxylic acids is 1. The van der Waals surface area contributed by atoms with Gasteiger partial charge in [0.25, 0.3) is 0 Å². The van der Waals surface area contributed by atoms with E-state index in [1.54, 1.807) is 0 Å². The Labute approximate surface area is 98.1 Å². The number of esters is 1. The van der Waals surface area contributed by atoms with Gasteiger partial charge in [-0.25, -0.2) is 4.79 Å². The van der Waals surface area contributed by atoms with Crippen LogP contribution in [0.1, 0.15) is 40.5 Å². The molecule has 3 unspecified atom stereocenters. The summed E-state index contributed by atoms with van der Waals surface area (Å²) in [5.74, 6) is 0.928. The number of ether oxygens (including phenoxy) is 1. The highest BCUT2D eigenvalue weighted by molar-refractivity contribution is 5.81. The Hall–Kier alpha value is -0.790. The van der Waals surface area contributed by atoms with E-state index in [9.17, 15) is 4.79 Å². The topological polar surface area (TPSA) is 26.3 Å². The van der Waals surface area contributed by atoms with Crippen molar-refractivity contribution < 1.29 is 9.53 Å². The van der Waals surface area contributed by atoms with E-state index in [0.29, 0.717) is 17.3 Å². The van der Waals surface area contributed by atoms with Crippen LogP contribution in [-0.4, -0.2) is 12.1 Å². The van der Waals surface area contributed by atoms with Gasteiger partial charge >= 0.3 is 5.97 Å². The second-order valence-electron chi connectivity index (χ2n) is 6.40. The minimum atomic E-state index is -0.272. The third-order valence-corrected chi connectivity index (χ3v) is 5.55. The molecule has 16 heavy (non-hydrogen) atoms. The fraction of sp³-hybridized carbons (Fsp3) is 0.786. The highest BCUT2D eigenvalue weighted by Crippen LogP contribution is 2.66. The number of fused-ring (bicyclic) bond motifs is 2. The van der Waals surface area contributed by atoms with E-state index in [0.717, 1.165) is 6.42 Å². The van der Waals surface area contributed by atoms with Crippen LogP contribution < -0.4 is 0 Å². The quantitative estimate of drug-likeness (QED) is 0.530. The van der Waals surface area contributed by atoms with Crippen LogP contribution in [0.15, 0.2) is 12.7 Å². The zero-order chi connectivity index (χ0) is 12.1. The third kappa shape index (κ3) is 1.35. The smallest absolute Gasteiger partial charge is 0.330 e. The lowest BCUT2D eigenvalue weighted by molar-refractivity contribution is -0.151. The van der Waals surface area contributed by atoms with E-state index < -0.39 is 0 Å². The molecule has 0 aliphatic heterocycles. The molecule has 0 heterocycles. The second-order valence-corrected chi connectivity index (χ2v) is 6.40. The normalized spacial score (nSPS) is 38.4. The molecule has 2 nitrogen and oxygen atoms in total. The predicted molar refractivity (Wildman–Crippen MR) is 63.9 cm³/mol. The number of rotatable bonds is 2. The van der Waals surface area contributed by atoms with Crippen LogP contribution in [0, 0.1) is 22.7 Å². The summed E-state index contributed by atoms with van der Waals surface area (Å²) in [7, 11) is 0. The third-order valence-electron chi connectivity index (χ3n) is 5.55. The monoisotopic (exact) mass is 222 g/mol. The first-order chi connectivity index (χ1) is 7.30. The van der Waals surface area contributed by atoms with Crippen molar-refractivity contribution in [3.05, 3.63) is 12.7 Å². The lowest BCUT2D eigenvalue weighted by atomic mass is 9.59. The van der Waals surface area contributed by atoms with Crippen molar-refractivity contribution in [2.45, 2.75) is 46.6 Å². The maximum absolute atomic E-state index is 11.3.